The molecule has 2 aromatic carbocycles. The second kappa shape index (κ2) is 8.36. The summed E-state index contributed by atoms with van der Waals surface area (Å²) in [6, 6.07) is 13.9. The van der Waals surface area contributed by atoms with Crippen LogP contribution in [-0.4, -0.2) is 25.0 Å². The van der Waals surface area contributed by atoms with Gasteiger partial charge in [-0.05, 0) is 43.3 Å². The van der Waals surface area contributed by atoms with E-state index in [1.165, 1.54) is 11.8 Å². The van der Waals surface area contributed by atoms with Gasteiger partial charge in [0.15, 0.2) is 0 Å². The molecule has 0 aliphatic heterocycles. The first-order chi connectivity index (χ1) is 11.5. The number of ether oxygens (including phenoxy) is 1. The van der Waals surface area contributed by atoms with Crippen LogP contribution in [0.3, 0.4) is 0 Å². The van der Waals surface area contributed by atoms with E-state index in [1.54, 1.807) is 42.5 Å². The topological polar surface area (TPSA) is 58.6 Å². The van der Waals surface area contributed by atoms with E-state index in [0.29, 0.717) is 28.8 Å². The maximum absolute atomic E-state index is 12.3. The summed E-state index contributed by atoms with van der Waals surface area (Å²) in [6.45, 7) is 3.68. The molecule has 0 aromatic heterocycles. The smallest absolute Gasteiger partial charge is 0.244 e. The van der Waals surface area contributed by atoms with Gasteiger partial charge in [-0.3, -0.25) is 9.59 Å². The molecule has 0 bridgehead atoms. The Morgan fingerprint density at radius 3 is 2.42 bits per heavy atom. The van der Waals surface area contributed by atoms with Crippen molar-refractivity contribution < 1.29 is 14.3 Å². The van der Waals surface area contributed by atoms with E-state index in [9.17, 15) is 9.59 Å². The molecule has 0 atom stereocenters. The molecule has 24 heavy (non-hydrogen) atoms. The molecule has 0 fully saturated rings. The van der Waals surface area contributed by atoms with E-state index in [0.717, 1.165) is 0 Å². The number of anilines is 2. The summed E-state index contributed by atoms with van der Waals surface area (Å²) in [5.41, 5.74) is 1.18. The average Bonchev–Trinajstić information content (AvgIpc) is 2.55. The molecular formula is C18H19ClN2O3. The predicted molar refractivity (Wildman–Crippen MR) is 95.7 cm³/mol. The van der Waals surface area contributed by atoms with Crippen LogP contribution in [0.1, 0.15) is 13.8 Å². The minimum absolute atomic E-state index is 0.0998. The van der Waals surface area contributed by atoms with Gasteiger partial charge in [-0.2, -0.15) is 0 Å². The van der Waals surface area contributed by atoms with E-state index >= 15 is 0 Å². The largest absolute Gasteiger partial charge is 0.492 e. The molecule has 0 radical (unpaired) electrons. The Labute approximate surface area is 146 Å². The Bertz CT molecular complexity index is 716. The first kappa shape index (κ1) is 17.8. The summed E-state index contributed by atoms with van der Waals surface area (Å²) in [6.07, 6.45) is 0. The molecule has 0 aliphatic carbocycles. The first-order valence-electron chi connectivity index (χ1n) is 7.56. The lowest BCUT2D eigenvalue weighted by molar-refractivity contribution is -0.120. The van der Waals surface area contributed by atoms with Crippen molar-refractivity contribution in [2.75, 3.05) is 23.4 Å². The molecule has 0 spiro atoms. The predicted octanol–water partition coefficient (Wildman–Crippen LogP) is 3.73. The van der Waals surface area contributed by atoms with E-state index in [-0.39, 0.29) is 18.4 Å². The summed E-state index contributed by atoms with van der Waals surface area (Å²) in [7, 11) is 0. The van der Waals surface area contributed by atoms with Gasteiger partial charge in [-0.25, -0.2) is 0 Å². The number of hydrogen-bond acceptors (Lipinski definition) is 3. The summed E-state index contributed by atoms with van der Waals surface area (Å²) in [5.74, 6) is 0.0482. The van der Waals surface area contributed by atoms with Crippen LogP contribution in [0, 0.1) is 0 Å². The van der Waals surface area contributed by atoms with Crippen LogP contribution in [0.15, 0.2) is 48.5 Å². The highest BCUT2D eigenvalue weighted by molar-refractivity contribution is 6.30. The fourth-order valence-corrected chi connectivity index (χ4v) is 2.32. The van der Waals surface area contributed by atoms with E-state index in [4.69, 9.17) is 16.3 Å². The minimum atomic E-state index is -0.313. The molecule has 0 saturated carbocycles. The highest BCUT2D eigenvalue weighted by Crippen LogP contribution is 2.24. The molecular weight excluding hydrogens is 328 g/mol. The highest BCUT2D eigenvalue weighted by Gasteiger charge is 2.17. The number of para-hydroxylation sites is 2. The Balaban J connectivity index is 2.11. The number of benzene rings is 2. The number of nitrogens with one attached hydrogen (secondary N) is 1. The van der Waals surface area contributed by atoms with Gasteiger partial charge < -0.3 is 15.0 Å². The zero-order chi connectivity index (χ0) is 17.5. The first-order valence-corrected chi connectivity index (χ1v) is 7.94. The van der Waals surface area contributed by atoms with Gasteiger partial charge in [0.2, 0.25) is 11.8 Å². The van der Waals surface area contributed by atoms with Crippen LogP contribution in [0.5, 0.6) is 5.75 Å². The maximum atomic E-state index is 12.3. The van der Waals surface area contributed by atoms with Crippen molar-refractivity contribution >= 4 is 34.8 Å². The van der Waals surface area contributed by atoms with Crippen molar-refractivity contribution in [1.29, 1.82) is 0 Å². The van der Waals surface area contributed by atoms with E-state index in [2.05, 4.69) is 5.32 Å². The van der Waals surface area contributed by atoms with Crippen LogP contribution >= 0.6 is 11.6 Å². The van der Waals surface area contributed by atoms with Gasteiger partial charge in [0.05, 0.1) is 12.3 Å². The lowest BCUT2D eigenvalue weighted by Gasteiger charge is -2.21. The van der Waals surface area contributed by atoms with Gasteiger partial charge in [-0.15, -0.1) is 0 Å². The SMILES string of the molecule is CCOc1ccccc1NC(=O)CN(C(C)=O)c1ccc(Cl)cc1. The zero-order valence-corrected chi connectivity index (χ0v) is 14.3. The van der Waals surface area contributed by atoms with Crippen LogP contribution < -0.4 is 15.0 Å². The standard InChI is InChI=1S/C18H19ClN2O3/c1-3-24-17-7-5-4-6-16(17)20-18(23)12-21(13(2)22)15-10-8-14(19)9-11-15/h4-11H,3,12H2,1-2H3,(H,20,23). The number of carbonyl (C=O) groups is 2. The Hall–Kier alpha value is -2.53. The average molecular weight is 347 g/mol. The fourth-order valence-electron chi connectivity index (χ4n) is 2.19. The van der Waals surface area contributed by atoms with Gasteiger partial charge in [-0.1, -0.05) is 23.7 Å². The van der Waals surface area contributed by atoms with Gasteiger partial charge in [0, 0.05) is 17.6 Å². The fraction of sp³-hybridized carbons (Fsp3) is 0.222. The third kappa shape index (κ3) is 4.73. The van der Waals surface area contributed by atoms with Crippen molar-refractivity contribution in [1.82, 2.24) is 0 Å². The van der Waals surface area contributed by atoms with Gasteiger partial charge in [0.1, 0.15) is 12.3 Å². The van der Waals surface area contributed by atoms with E-state index < -0.39 is 0 Å². The van der Waals surface area contributed by atoms with Crippen LogP contribution in [-0.2, 0) is 9.59 Å². The molecule has 0 saturated heterocycles. The quantitative estimate of drug-likeness (QED) is 0.867. The van der Waals surface area contributed by atoms with Gasteiger partial charge in [0.25, 0.3) is 0 Å². The van der Waals surface area contributed by atoms with Crippen LogP contribution in [0.25, 0.3) is 0 Å². The van der Waals surface area contributed by atoms with E-state index in [1.807, 2.05) is 13.0 Å². The van der Waals surface area contributed by atoms with Crippen LogP contribution in [0.4, 0.5) is 11.4 Å². The monoisotopic (exact) mass is 346 g/mol. The Morgan fingerprint density at radius 2 is 1.79 bits per heavy atom. The number of carbonyl (C=O) groups excluding carboxylic acids is 2. The molecule has 0 heterocycles. The molecule has 126 valence electrons. The third-order valence-electron chi connectivity index (χ3n) is 3.28. The summed E-state index contributed by atoms with van der Waals surface area (Å²) in [4.78, 5) is 25.6. The highest BCUT2D eigenvalue weighted by atomic mass is 35.5. The number of rotatable bonds is 6. The molecule has 2 rings (SSSR count). The van der Waals surface area contributed by atoms with Crippen LogP contribution in [0.2, 0.25) is 5.02 Å². The van der Waals surface area contributed by atoms with Crippen molar-refractivity contribution in [2.24, 2.45) is 0 Å². The van der Waals surface area contributed by atoms with Crippen molar-refractivity contribution in [3.63, 3.8) is 0 Å². The molecule has 5 nitrogen and oxygen atoms in total. The molecule has 1 N–H and O–H groups in total. The normalized spacial score (nSPS) is 10.1. The van der Waals surface area contributed by atoms with Crippen molar-refractivity contribution in [2.45, 2.75) is 13.8 Å². The molecule has 0 unspecified atom stereocenters. The number of amides is 2. The molecule has 0 aliphatic rings. The number of hydrogen-bond donors (Lipinski definition) is 1. The minimum Gasteiger partial charge on any atom is -0.492 e. The second-order valence-corrected chi connectivity index (χ2v) is 5.50. The van der Waals surface area contributed by atoms with Crippen molar-refractivity contribution in [3.8, 4) is 5.75 Å². The lowest BCUT2D eigenvalue weighted by Crippen LogP contribution is -2.36. The summed E-state index contributed by atoms with van der Waals surface area (Å²) in [5, 5.41) is 3.34. The number of halogens is 1. The second-order valence-electron chi connectivity index (χ2n) is 5.06. The third-order valence-corrected chi connectivity index (χ3v) is 3.53. The Kier molecular flexibility index (Phi) is 6.21. The number of nitrogens with zero attached hydrogens (tertiary/aromatic N) is 1. The summed E-state index contributed by atoms with van der Waals surface area (Å²) >= 11 is 5.86. The maximum Gasteiger partial charge on any atom is 0.244 e. The zero-order valence-electron chi connectivity index (χ0n) is 13.6. The summed E-state index contributed by atoms with van der Waals surface area (Å²) < 4.78 is 5.48. The van der Waals surface area contributed by atoms with Gasteiger partial charge >= 0.3 is 0 Å². The Morgan fingerprint density at radius 1 is 1.12 bits per heavy atom. The molecule has 6 heteroatoms. The molecule has 2 amide bonds. The van der Waals surface area contributed by atoms with Crippen molar-refractivity contribution in [3.05, 3.63) is 53.6 Å². The molecule has 2 aromatic rings. The lowest BCUT2D eigenvalue weighted by atomic mass is 10.2.